The molecule has 3 unspecified atom stereocenters. The van der Waals surface area contributed by atoms with Gasteiger partial charge < -0.3 is 15.5 Å². The number of nitrogens with zero attached hydrogens (tertiary/aromatic N) is 1. The lowest BCUT2D eigenvalue weighted by Crippen LogP contribution is -2.44. The molecule has 0 aromatic rings. The van der Waals surface area contributed by atoms with Crippen LogP contribution in [0.1, 0.15) is 26.7 Å². The van der Waals surface area contributed by atoms with Crippen molar-refractivity contribution >= 4 is 6.03 Å². The number of likely N-dealkylation sites (tertiary alicyclic amines) is 1. The Morgan fingerprint density at radius 1 is 1.50 bits per heavy atom. The first-order valence-electron chi connectivity index (χ1n) is 6.49. The van der Waals surface area contributed by atoms with E-state index in [0.717, 1.165) is 39.0 Å². The SMILES string of the molecule is CCCCNC(=O)N1CC2CNCC2C1C. The third-order valence-corrected chi connectivity index (χ3v) is 4.00. The van der Waals surface area contributed by atoms with Gasteiger partial charge in [-0.15, -0.1) is 0 Å². The Balaban J connectivity index is 1.83. The quantitative estimate of drug-likeness (QED) is 0.705. The van der Waals surface area contributed by atoms with Gasteiger partial charge in [-0.25, -0.2) is 4.79 Å². The average molecular weight is 225 g/mol. The van der Waals surface area contributed by atoms with Gasteiger partial charge >= 0.3 is 6.03 Å². The van der Waals surface area contributed by atoms with E-state index in [1.165, 1.54) is 0 Å². The summed E-state index contributed by atoms with van der Waals surface area (Å²) < 4.78 is 0. The van der Waals surface area contributed by atoms with E-state index in [-0.39, 0.29) is 6.03 Å². The Kier molecular flexibility index (Phi) is 3.69. The van der Waals surface area contributed by atoms with Gasteiger partial charge in [-0.3, -0.25) is 0 Å². The average Bonchev–Trinajstić information content (AvgIpc) is 2.82. The van der Waals surface area contributed by atoms with Gasteiger partial charge in [0, 0.05) is 32.2 Å². The Morgan fingerprint density at radius 2 is 2.31 bits per heavy atom. The van der Waals surface area contributed by atoms with Gasteiger partial charge in [-0.1, -0.05) is 13.3 Å². The molecule has 0 bridgehead atoms. The fourth-order valence-corrected chi connectivity index (χ4v) is 2.91. The van der Waals surface area contributed by atoms with Gasteiger partial charge in [0.1, 0.15) is 0 Å². The molecule has 2 N–H and O–H groups in total. The highest BCUT2D eigenvalue weighted by molar-refractivity contribution is 5.75. The summed E-state index contributed by atoms with van der Waals surface area (Å²) in [4.78, 5) is 14.0. The molecule has 0 aromatic carbocycles. The van der Waals surface area contributed by atoms with Crippen molar-refractivity contribution in [3.63, 3.8) is 0 Å². The fourth-order valence-electron chi connectivity index (χ4n) is 2.91. The summed E-state index contributed by atoms with van der Waals surface area (Å²) in [6.45, 7) is 8.21. The first-order chi connectivity index (χ1) is 7.74. The maximum atomic E-state index is 12.0. The molecule has 2 fully saturated rings. The van der Waals surface area contributed by atoms with Crippen molar-refractivity contribution in [3.05, 3.63) is 0 Å². The number of carbonyl (C=O) groups excluding carboxylic acids is 1. The van der Waals surface area contributed by atoms with Gasteiger partial charge in [0.05, 0.1) is 0 Å². The van der Waals surface area contributed by atoms with Crippen LogP contribution in [0.2, 0.25) is 0 Å². The zero-order chi connectivity index (χ0) is 11.5. The van der Waals surface area contributed by atoms with Gasteiger partial charge in [-0.05, 0) is 25.2 Å². The van der Waals surface area contributed by atoms with E-state index in [4.69, 9.17) is 0 Å². The van der Waals surface area contributed by atoms with Crippen molar-refractivity contribution < 1.29 is 4.79 Å². The number of hydrogen-bond donors (Lipinski definition) is 2. The van der Waals surface area contributed by atoms with Crippen LogP contribution < -0.4 is 10.6 Å². The normalized spacial score (nSPS) is 32.9. The number of rotatable bonds is 3. The molecule has 0 aromatic heterocycles. The van der Waals surface area contributed by atoms with E-state index in [2.05, 4.69) is 24.5 Å². The van der Waals surface area contributed by atoms with Gasteiger partial charge in [0.15, 0.2) is 0 Å². The molecular formula is C12H23N3O. The van der Waals surface area contributed by atoms with E-state index in [0.29, 0.717) is 17.9 Å². The maximum absolute atomic E-state index is 12.0. The summed E-state index contributed by atoms with van der Waals surface area (Å²) in [5, 5.41) is 6.42. The molecule has 4 heteroatoms. The predicted octanol–water partition coefficient (Wildman–Crippen LogP) is 1.04. The van der Waals surface area contributed by atoms with Crippen LogP contribution in [0.25, 0.3) is 0 Å². The molecule has 0 aliphatic carbocycles. The predicted molar refractivity (Wildman–Crippen MR) is 64.3 cm³/mol. The smallest absolute Gasteiger partial charge is 0.317 e. The third-order valence-electron chi connectivity index (χ3n) is 4.00. The van der Waals surface area contributed by atoms with Crippen molar-refractivity contribution in [2.24, 2.45) is 11.8 Å². The van der Waals surface area contributed by atoms with E-state index in [1.54, 1.807) is 0 Å². The molecule has 2 heterocycles. The van der Waals surface area contributed by atoms with Gasteiger partial charge in [0.2, 0.25) is 0 Å². The number of unbranched alkanes of at least 4 members (excludes halogenated alkanes) is 1. The summed E-state index contributed by atoms with van der Waals surface area (Å²) in [6, 6.07) is 0.525. The van der Waals surface area contributed by atoms with E-state index in [1.807, 2.05) is 4.90 Å². The molecule has 92 valence electrons. The highest BCUT2D eigenvalue weighted by Gasteiger charge is 2.43. The second-order valence-corrected chi connectivity index (χ2v) is 5.06. The first kappa shape index (κ1) is 11.7. The lowest BCUT2D eigenvalue weighted by atomic mass is 9.95. The van der Waals surface area contributed by atoms with Gasteiger partial charge in [-0.2, -0.15) is 0 Å². The number of fused-ring (bicyclic) bond motifs is 1. The molecule has 2 rings (SSSR count). The molecule has 2 aliphatic heterocycles. The summed E-state index contributed by atoms with van der Waals surface area (Å²) >= 11 is 0. The van der Waals surface area contributed by atoms with E-state index < -0.39 is 0 Å². The van der Waals surface area contributed by atoms with Gasteiger partial charge in [0.25, 0.3) is 0 Å². The molecule has 2 amide bonds. The summed E-state index contributed by atoms with van der Waals surface area (Å²) in [5.41, 5.74) is 0. The lowest BCUT2D eigenvalue weighted by Gasteiger charge is -2.24. The minimum absolute atomic E-state index is 0.135. The summed E-state index contributed by atoms with van der Waals surface area (Å²) in [7, 11) is 0. The molecule has 3 atom stereocenters. The fraction of sp³-hybridized carbons (Fsp3) is 0.917. The third kappa shape index (κ3) is 2.17. The Hall–Kier alpha value is -0.770. The zero-order valence-electron chi connectivity index (χ0n) is 10.3. The Labute approximate surface area is 97.8 Å². The molecule has 2 aliphatic rings. The van der Waals surface area contributed by atoms with Crippen LogP contribution >= 0.6 is 0 Å². The van der Waals surface area contributed by atoms with E-state index >= 15 is 0 Å². The molecular weight excluding hydrogens is 202 g/mol. The number of amides is 2. The highest BCUT2D eigenvalue weighted by atomic mass is 16.2. The minimum atomic E-state index is 0.135. The number of urea groups is 1. The molecule has 0 spiro atoms. The molecule has 16 heavy (non-hydrogen) atoms. The topological polar surface area (TPSA) is 44.4 Å². The van der Waals surface area contributed by atoms with Crippen molar-refractivity contribution in [2.45, 2.75) is 32.7 Å². The summed E-state index contributed by atoms with van der Waals surface area (Å²) in [6.07, 6.45) is 2.20. The Morgan fingerprint density at radius 3 is 3.00 bits per heavy atom. The van der Waals surface area contributed by atoms with E-state index in [9.17, 15) is 4.79 Å². The standard InChI is InChI=1S/C12H23N3O/c1-3-4-5-14-12(16)15-8-10-6-13-7-11(10)9(15)2/h9-11,13H,3-8H2,1-2H3,(H,14,16). The zero-order valence-corrected chi connectivity index (χ0v) is 10.3. The van der Waals surface area contributed by atoms with Crippen LogP contribution in [0, 0.1) is 11.8 Å². The monoisotopic (exact) mass is 225 g/mol. The first-order valence-corrected chi connectivity index (χ1v) is 6.49. The lowest BCUT2D eigenvalue weighted by molar-refractivity contribution is 0.189. The number of carbonyl (C=O) groups is 1. The highest BCUT2D eigenvalue weighted by Crippen LogP contribution is 2.31. The molecule has 2 saturated heterocycles. The largest absolute Gasteiger partial charge is 0.338 e. The van der Waals surface area contributed by atoms with Crippen LogP contribution in [0.4, 0.5) is 4.79 Å². The van der Waals surface area contributed by atoms with Crippen molar-refractivity contribution in [2.75, 3.05) is 26.2 Å². The molecule has 0 saturated carbocycles. The minimum Gasteiger partial charge on any atom is -0.338 e. The van der Waals surface area contributed by atoms with Crippen LogP contribution in [0.3, 0.4) is 0 Å². The van der Waals surface area contributed by atoms with Crippen LogP contribution in [0.5, 0.6) is 0 Å². The second-order valence-electron chi connectivity index (χ2n) is 5.06. The van der Waals surface area contributed by atoms with Crippen molar-refractivity contribution in [1.29, 1.82) is 0 Å². The number of nitrogens with one attached hydrogen (secondary N) is 2. The van der Waals surface area contributed by atoms with Crippen molar-refractivity contribution in [1.82, 2.24) is 15.5 Å². The Bertz CT molecular complexity index is 257. The van der Waals surface area contributed by atoms with Crippen LogP contribution in [0.15, 0.2) is 0 Å². The summed E-state index contributed by atoms with van der Waals surface area (Å²) in [5.74, 6) is 1.34. The second kappa shape index (κ2) is 5.04. The molecule has 0 radical (unpaired) electrons. The van der Waals surface area contributed by atoms with Crippen LogP contribution in [-0.2, 0) is 0 Å². The maximum Gasteiger partial charge on any atom is 0.317 e. The van der Waals surface area contributed by atoms with Crippen LogP contribution in [-0.4, -0.2) is 43.2 Å². The molecule has 4 nitrogen and oxygen atoms in total. The number of hydrogen-bond acceptors (Lipinski definition) is 2. The van der Waals surface area contributed by atoms with Crippen molar-refractivity contribution in [3.8, 4) is 0 Å².